The Morgan fingerprint density at radius 1 is 0.400 bits per heavy atom. The van der Waals surface area contributed by atoms with Gasteiger partial charge in [0.15, 0.2) is 0 Å². The molecular formula is C54H49N. The Balaban J connectivity index is 1.08. The molecule has 0 spiro atoms. The molecule has 0 bridgehead atoms. The van der Waals surface area contributed by atoms with E-state index < -0.39 is 0 Å². The first kappa shape index (κ1) is 33.9. The van der Waals surface area contributed by atoms with Crippen molar-refractivity contribution < 1.29 is 0 Å². The van der Waals surface area contributed by atoms with Crippen LogP contribution in [0.2, 0.25) is 0 Å². The van der Waals surface area contributed by atoms with Crippen LogP contribution >= 0.6 is 0 Å². The zero-order chi connectivity index (χ0) is 37.3. The van der Waals surface area contributed by atoms with Crippen molar-refractivity contribution in [2.24, 2.45) is 0 Å². The van der Waals surface area contributed by atoms with E-state index in [2.05, 4.69) is 190 Å². The first-order valence-corrected chi connectivity index (χ1v) is 20.4. The van der Waals surface area contributed by atoms with Crippen LogP contribution in [0.5, 0.6) is 0 Å². The van der Waals surface area contributed by atoms with Crippen molar-refractivity contribution in [3.63, 3.8) is 0 Å². The largest absolute Gasteiger partial charge is 0.310 e. The molecule has 0 amide bonds. The van der Waals surface area contributed by atoms with Gasteiger partial charge in [-0.2, -0.15) is 0 Å². The standard InChI is InChI=1S/C54H49N/c1-53(2)49-24-12-11-19-43(49)45-20-13-22-47(51(45)53)48-23-14-21-46-44-34-33-42(35-50(44)54(3,4)52(46)48)55(40-29-25-38(26-30-40)36-15-7-5-8-16-36)41-31-27-39(28-32-41)37-17-9-6-10-18-37/h5,7-8,11-16,19-35,37H,6,9-10,17-18H2,1-4H3. The lowest BCUT2D eigenvalue weighted by molar-refractivity contribution is 0.443. The summed E-state index contributed by atoms with van der Waals surface area (Å²) >= 11 is 0. The molecule has 7 aromatic rings. The smallest absolute Gasteiger partial charge is 0.0465 e. The molecule has 1 heteroatoms. The zero-order valence-corrected chi connectivity index (χ0v) is 32.6. The van der Waals surface area contributed by atoms with Crippen LogP contribution in [0.1, 0.15) is 93.5 Å². The lowest BCUT2D eigenvalue weighted by Crippen LogP contribution is -2.19. The summed E-state index contributed by atoms with van der Waals surface area (Å²) in [5.74, 6) is 0.681. The minimum atomic E-state index is -0.205. The Morgan fingerprint density at radius 3 is 1.51 bits per heavy atom. The maximum absolute atomic E-state index is 2.48. The summed E-state index contributed by atoms with van der Waals surface area (Å²) in [6, 6.07) is 59.5. The van der Waals surface area contributed by atoms with Gasteiger partial charge in [0.1, 0.15) is 0 Å². The summed E-state index contributed by atoms with van der Waals surface area (Å²) in [6.07, 6.45) is 6.69. The summed E-state index contributed by atoms with van der Waals surface area (Å²) in [5.41, 5.74) is 21.0. The van der Waals surface area contributed by atoms with E-state index in [0.717, 1.165) is 0 Å². The van der Waals surface area contributed by atoms with Crippen molar-refractivity contribution in [1.29, 1.82) is 0 Å². The summed E-state index contributed by atoms with van der Waals surface area (Å²) < 4.78 is 0. The third-order valence-corrected chi connectivity index (χ3v) is 13.2. The van der Waals surface area contributed by atoms with Crippen molar-refractivity contribution in [1.82, 2.24) is 0 Å². The van der Waals surface area contributed by atoms with Crippen molar-refractivity contribution in [3.05, 3.63) is 186 Å². The van der Waals surface area contributed by atoms with Crippen molar-refractivity contribution in [2.75, 3.05) is 4.90 Å². The fraction of sp³-hybridized carbons (Fsp3) is 0.222. The number of nitrogens with zero attached hydrogens (tertiary/aromatic N) is 1. The van der Waals surface area contributed by atoms with Crippen LogP contribution in [0, 0.1) is 0 Å². The van der Waals surface area contributed by atoms with Crippen LogP contribution in [-0.4, -0.2) is 0 Å². The van der Waals surface area contributed by atoms with Crippen LogP contribution < -0.4 is 4.90 Å². The number of hydrogen-bond donors (Lipinski definition) is 0. The van der Waals surface area contributed by atoms with Gasteiger partial charge in [0, 0.05) is 27.9 Å². The van der Waals surface area contributed by atoms with E-state index in [1.807, 2.05) is 0 Å². The van der Waals surface area contributed by atoms with Crippen molar-refractivity contribution in [2.45, 2.75) is 76.5 Å². The summed E-state index contributed by atoms with van der Waals surface area (Å²) in [4.78, 5) is 2.46. The third kappa shape index (κ3) is 5.42. The van der Waals surface area contributed by atoms with Gasteiger partial charge < -0.3 is 4.90 Å². The number of rotatable bonds is 6. The minimum Gasteiger partial charge on any atom is -0.310 e. The number of benzene rings is 7. The summed E-state index contributed by atoms with van der Waals surface area (Å²) in [6.45, 7) is 9.68. The van der Waals surface area contributed by atoms with E-state index in [4.69, 9.17) is 0 Å². The van der Waals surface area contributed by atoms with Crippen LogP contribution in [0.3, 0.4) is 0 Å². The molecule has 0 saturated heterocycles. The van der Waals surface area contributed by atoms with Gasteiger partial charge in [0.05, 0.1) is 0 Å². The summed E-state index contributed by atoms with van der Waals surface area (Å²) in [7, 11) is 0. The molecule has 0 radical (unpaired) electrons. The Labute approximate surface area is 327 Å². The molecule has 3 aliphatic carbocycles. The molecular weight excluding hydrogens is 663 g/mol. The fourth-order valence-electron chi connectivity index (χ4n) is 10.5. The van der Waals surface area contributed by atoms with E-state index in [1.165, 1.54) is 121 Å². The number of anilines is 3. The van der Waals surface area contributed by atoms with Gasteiger partial charge in [-0.25, -0.2) is 0 Å². The Hall–Kier alpha value is -5.66. The van der Waals surface area contributed by atoms with Crippen LogP contribution in [0.4, 0.5) is 17.1 Å². The predicted octanol–water partition coefficient (Wildman–Crippen LogP) is 15.2. The molecule has 0 aliphatic heterocycles. The molecule has 0 aromatic heterocycles. The molecule has 1 nitrogen and oxygen atoms in total. The summed E-state index contributed by atoms with van der Waals surface area (Å²) in [5, 5.41) is 0. The lowest BCUT2D eigenvalue weighted by Gasteiger charge is -2.30. The van der Waals surface area contributed by atoms with E-state index in [0.29, 0.717) is 5.92 Å². The highest BCUT2D eigenvalue weighted by atomic mass is 15.1. The number of fused-ring (bicyclic) bond motifs is 6. The Kier molecular flexibility index (Phi) is 8.00. The molecule has 3 aliphatic rings. The predicted molar refractivity (Wildman–Crippen MR) is 233 cm³/mol. The molecule has 0 N–H and O–H groups in total. The van der Waals surface area contributed by atoms with Gasteiger partial charge >= 0.3 is 0 Å². The third-order valence-electron chi connectivity index (χ3n) is 13.2. The average molecular weight is 712 g/mol. The van der Waals surface area contributed by atoms with Gasteiger partial charge in [-0.05, 0) is 127 Å². The quantitative estimate of drug-likeness (QED) is 0.166. The average Bonchev–Trinajstić information content (AvgIpc) is 3.62. The minimum absolute atomic E-state index is 0.0862. The van der Waals surface area contributed by atoms with E-state index in [9.17, 15) is 0 Å². The molecule has 0 heterocycles. The molecule has 10 rings (SSSR count). The SMILES string of the molecule is CC1(C)c2ccccc2-c2cccc(-c3cccc4c3C(C)(C)c3cc(N(c5ccc(-c6ccccc6)cc5)c5ccc(C6CCCCC6)cc5)ccc3-4)c21. The molecule has 55 heavy (non-hydrogen) atoms. The maximum Gasteiger partial charge on any atom is 0.0465 e. The fourth-order valence-corrected chi connectivity index (χ4v) is 10.5. The molecule has 1 fully saturated rings. The highest BCUT2D eigenvalue weighted by Crippen LogP contribution is 2.57. The Bertz CT molecular complexity index is 2550. The first-order chi connectivity index (χ1) is 26.8. The number of hydrogen-bond acceptors (Lipinski definition) is 1. The van der Waals surface area contributed by atoms with Gasteiger partial charge in [-0.15, -0.1) is 0 Å². The monoisotopic (exact) mass is 711 g/mol. The highest BCUT2D eigenvalue weighted by Gasteiger charge is 2.41. The van der Waals surface area contributed by atoms with Gasteiger partial charge in [0.25, 0.3) is 0 Å². The second-order valence-corrected chi connectivity index (χ2v) is 17.2. The van der Waals surface area contributed by atoms with Crippen LogP contribution in [0.15, 0.2) is 158 Å². The molecule has 0 atom stereocenters. The molecule has 7 aromatic carbocycles. The van der Waals surface area contributed by atoms with Crippen molar-refractivity contribution >= 4 is 17.1 Å². The van der Waals surface area contributed by atoms with Gasteiger partial charge in [0.2, 0.25) is 0 Å². The van der Waals surface area contributed by atoms with Crippen LogP contribution in [-0.2, 0) is 10.8 Å². The van der Waals surface area contributed by atoms with Crippen molar-refractivity contribution in [3.8, 4) is 44.5 Å². The van der Waals surface area contributed by atoms with Crippen LogP contribution in [0.25, 0.3) is 44.5 Å². The molecule has 1 saturated carbocycles. The topological polar surface area (TPSA) is 3.24 Å². The zero-order valence-electron chi connectivity index (χ0n) is 32.6. The molecule has 0 unspecified atom stereocenters. The van der Waals surface area contributed by atoms with E-state index in [-0.39, 0.29) is 10.8 Å². The second kappa shape index (κ2) is 13.0. The second-order valence-electron chi connectivity index (χ2n) is 17.2. The normalized spacial score (nSPS) is 16.2. The van der Waals surface area contributed by atoms with Gasteiger partial charge in [-0.3, -0.25) is 0 Å². The molecule has 270 valence electrons. The lowest BCUT2D eigenvalue weighted by atomic mass is 9.74. The van der Waals surface area contributed by atoms with E-state index in [1.54, 1.807) is 0 Å². The van der Waals surface area contributed by atoms with E-state index >= 15 is 0 Å². The first-order valence-electron chi connectivity index (χ1n) is 20.4. The Morgan fingerprint density at radius 2 is 0.873 bits per heavy atom. The highest BCUT2D eigenvalue weighted by molar-refractivity contribution is 5.94. The maximum atomic E-state index is 2.48. The van der Waals surface area contributed by atoms with Gasteiger partial charge in [-0.1, -0.05) is 168 Å².